The van der Waals surface area contributed by atoms with E-state index in [0.29, 0.717) is 6.54 Å². The van der Waals surface area contributed by atoms with Crippen LogP contribution in [0.4, 0.5) is 0 Å². The van der Waals surface area contributed by atoms with E-state index in [1.165, 1.54) is 16.7 Å². The second-order valence-electron chi connectivity index (χ2n) is 5.57. The third kappa shape index (κ3) is 3.61. The molecular weight excluding hydrogens is 260 g/mol. The summed E-state index contributed by atoms with van der Waals surface area (Å²) in [5, 5.41) is 3.49. The molecule has 2 aromatic rings. The number of benzene rings is 1. The highest BCUT2D eigenvalue weighted by Crippen LogP contribution is 2.19. The Morgan fingerprint density at radius 3 is 2.48 bits per heavy atom. The molecule has 0 aliphatic heterocycles. The quantitative estimate of drug-likeness (QED) is 0.915. The van der Waals surface area contributed by atoms with E-state index >= 15 is 0 Å². The van der Waals surface area contributed by atoms with Gasteiger partial charge < -0.3 is 9.88 Å². The van der Waals surface area contributed by atoms with E-state index in [-0.39, 0.29) is 11.6 Å². The first-order valence-electron chi connectivity index (χ1n) is 7.50. The number of pyridine rings is 1. The molecule has 0 saturated heterocycles. The van der Waals surface area contributed by atoms with Crippen LogP contribution < -0.4 is 10.9 Å². The second kappa shape index (κ2) is 6.72. The van der Waals surface area contributed by atoms with Crippen molar-refractivity contribution in [1.29, 1.82) is 0 Å². The van der Waals surface area contributed by atoms with Gasteiger partial charge in [0.25, 0.3) is 5.56 Å². The molecule has 1 atom stereocenters. The molecule has 1 unspecified atom stereocenters. The zero-order chi connectivity index (χ0) is 15.4. The van der Waals surface area contributed by atoms with Gasteiger partial charge in [-0.15, -0.1) is 0 Å². The fourth-order valence-corrected chi connectivity index (χ4v) is 2.56. The van der Waals surface area contributed by atoms with Crippen LogP contribution in [0.25, 0.3) is 0 Å². The molecule has 0 saturated carbocycles. The summed E-state index contributed by atoms with van der Waals surface area (Å²) in [4.78, 5) is 12.1. The van der Waals surface area contributed by atoms with Crippen molar-refractivity contribution in [3.63, 3.8) is 0 Å². The lowest BCUT2D eigenvalue weighted by Crippen LogP contribution is -2.31. The van der Waals surface area contributed by atoms with Crippen LogP contribution >= 0.6 is 0 Å². The third-order valence-electron chi connectivity index (χ3n) is 4.02. The van der Waals surface area contributed by atoms with Crippen LogP contribution in [0.2, 0.25) is 0 Å². The van der Waals surface area contributed by atoms with Crippen molar-refractivity contribution in [2.45, 2.75) is 40.3 Å². The smallest absolute Gasteiger partial charge is 0.250 e. The lowest BCUT2D eigenvalue weighted by Gasteiger charge is -2.21. The molecule has 0 aliphatic rings. The molecule has 0 spiro atoms. The maximum absolute atomic E-state index is 12.1. The number of nitrogens with one attached hydrogen (secondary N) is 1. The maximum Gasteiger partial charge on any atom is 0.250 e. The second-order valence-corrected chi connectivity index (χ2v) is 5.57. The van der Waals surface area contributed by atoms with E-state index < -0.39 is 0 Å². The fourth-order valence-electron chi connectivity index (χ4n) is 2.56. The summed E-state index contributed by atoms with van der Waals surface area (Å²) in [6, 6.07) is 12.1. The van der Waals surface area contributed by atoms with E-state index in [9.17, 15) is 4.79 Å². The van der Waals surface area contributed by atoms with Crippen molar-refractivity contribution in [2.24, 2.45) is 0 Å². The Hall–Kier alpha value is -1.87. The van der Waals surface area contributed by atoms with Gasteiger partial charge >= 0.3 is 0 Å². The average molecular weight is 284 g/mol. The molecule has 0 radical (unpaired) electrons. The minimum atomic E-state index is 0.0572. The van der Waals surface area contributed by atoms with Crippen molar-refractivity contribution in [3.8, 4) is 0 Å². The monoisotopic (exact) mass is 284 g/mol. The summed E-state index contributed by atoms with van der Waals surface area (Å²) in [5.74, 6) is 0. The van der Waals surface area contributed by atoms with Crippen LogP contribution in [0, 0.1) is 20.8 Å². The van der Waals surface area contributed by atoms with Gasteiger partial charge in [-0.2, -0.15) is 0 Å². The Bertz CT molecular complexity index is 673. The zero-order valence-corrected chi connectivity index (χ0v) is 13.3. The molecule has 0 fully saturated rings. The van der Waals surface area contributed by atoms with Gasteiger partial charge in [-0.25, -0.2) is 0 Å². The van der Waals surface area contributed by atoms with E-state index in [0.717, 1.165) is 12.2 Å². The molecule has 1 aromatic carbocycles. The summed E-state index contributed by atoms with van der Waals surface area (Å²) in [7, 11) is 0. The highest BCUT2D eigenvalue weighted by Gasteiger charge is 2.13. The Morgan fingerprint density at radius 1 is 1.10 bits per heavy atom. The molecule has 0 aliphatic carbocycles. The van der Waals surface area contributed by atoms with Gasteiger partial charge in [-0.1, -0.05) is 31.2 Å². The number of hydrogen-bond acceptors (Lipinski definition) is 2. The van der Waals surface area contributed by atoms with Gasteiger partial charge in [0.15, 0.2) is 0 Å². The van der Waals surface area contributed by atoms with Crippen molar-refractivity contribution >= 4 is 0 Å². The molecule has 0 bridgehead atoms. The first kappa shape index (κ1) is 15.5. The molecule has 21 heavy (non-hydrogen) atoms. The normalized spacial score (nSPS) is 12.4. The Morgan fingerprint density at radius 2 is 1.86 bits per heavy atom. The lowest BCUT2D eigenvalue weighted by molar-refractivity contribution is 0.461. The van der Waals surface area contributed by atoms with Crippen LogP contribution in [0.1, 0.15) is 35.3 Å². The predicted molar refractivity (Wildman–Crippen MR) is 87.8 cm³/mol. The van der Waals surface area contributed by atoms with Crippen LogP contribution in [0.5, 0.6) is 0 Å². The highest BCUT2D eigenvalue weighted by molar-refractivity contribution is 5.31. The highest BCUT2D eigenvalue weighted by atomic mass is 16.1. The first-order valence-corrected chi connectivity index (χ1v) is 7.50. The number of nitrogens with zero attached hydrogens (tertiary/aromatic N) is 1. The molecule has 1 heterocycles. The van der Waals surface area contributed by atoms with Crippen LogP contribution in [-0.2, 0) is 6.54 Å². The van der Waals surface area contributed by atoms with Gasteiger partial charge in [-0.3, -0.25) is 4.79 Å². The molecular formula is C18H24N2O. The third-order valence-corrected chi connectivity index (χ3v) is 4.02. The topological polar surface area (TPSA) is 34.0 Å². The van der Waals surface area contributed by atoms with Gasteiger partial charge in [-0.05, 0) is 50.1 Å². The largest absolute Gasteiger partial charge is 0.311 e. The SMILES string of the molecule is CCNC(Cn1c(C)cccc1=O)c1ccc(C)c(C)c1. The molecule has 1 aromatic heterocycles. The molecule has 2 rings (SSSR count). The van der Waals surface area contributed by atoms with Crippen molar-refractivity contribution in [1.82, 2.24) is 9.88 Å². The number of hydrogen-bond donors (Lipinski definition) is 1. The lowest BCUT2D eigenvalue weighted by atomic mass is 10.0. The van der Waals surface area contributed by atoms with Gasteiger partial charge in [0.1, 0.15) is 0 Å². The molecule has 0 amide bonds. The Kier molecular flexibility index (Phi) is 4.97. The number of aryl methyl sites for hydroxylation is 3. The van der Waals surface area contributed by atoms with Crippen LogP contribution in [0.3, 0.4) is 0 Å². The van der Waals surface area contributed by atoms with Crippen molar-refractivity contribution < 1.29 is 0 Å². The first-order chi connectivity index (χ1) is 10.0. The summed E-state index contributed by atoms with van der Waals surface area (Å²) in [5.41, 5.74) is 4.86. The Labute approximate surface area is 126 Å². The maximum atomic E-state index is 12.1. The Balaban J connectivity index is 2.35. The molecule has 1 N–H and O–H groups in total. The minimum Gasteiger partial charge on any atom is -0.311 e. The van der Waals surface area contributed by atoms with Crippen molar-refractivity contribution in [3.05, 3.63) is 69.1 Å². The number of rotatable bonds is 5. The number of likely N-dealkylation sites (N-methyl/N-ethyl adjacent to an activating group) is 1. The van der Waals surface area contributed by atoms with E-state index in [1.807, 2.05) is 23.6 Å². The van der Waals surface area contributed by atoms with E-state index in [4.69, 9.17) is 0 Å². The summed E-state index contributed by atoms with van der Waals surface area (Å²) >= 11 is 0. The molecule has 112 valence electrons. The van der Waals surface area contributed by atoms with Crippen molar-refractivity contribution in [2.75, 3.05) is 6.54 Å². The summed E-state index contributed by atoms with van der Waals surface area (Å²) in [6.45, 7) is 9.84. The predicted octanol–water partition coefficient (Wildman–Crippen LogP) is 3.12. The zero-order valence-electron chi connectivity index (χ0n) is 13.3. The van der Waals surface area contributed by atoms with E-state index in [2.05, 4.69) is 44.3 Å². The van der Waals surface area contributed by atoms with Crippen LogP contribution in [-0.4, -0.2) is 11.1 Å². The van der Waals surface area contributed by atoms with Crippen LogP contribution in [0.15, 0.2) is 41.2 Å². The summed E-state index contributed by atoms with van der Waals surface area (Å²) < 4.78 is 1.84. The molecule has 3 heteroatoms. The van der Waals surface area contributed by atoms with Gasteiger partial charge in [0, 0.05) is 18.3 Å². The fraction of sp³-hybridized carbons (Fsp3) is 0.389. The summed E-state index contributed by atoms with van der Waals surface area (Å²) in [6.07, 6.45) is 0. The minimum absolute atomic E-state index is 0.0572. The number of aromatic nitrogens is 1. The van der Waals surface area contributed by atoms with E-state index in [1.54, 1.807) is 6.07 Å². The standard InChI is InChI=1S/C18H24N2O/c1-5-19-17(16-10-9-13(2)14(3)11-16)12-20-15(4)7-6-8-18(20)21/h6-11,17,19H,5,12H2,1-4H3. The van der Waals surface area contributed by atoms with Gasteiger partial charge in [0.05, 0.1) is 6.04 Å². The average Bonchev–Trinajstić information content (AvgIpc) is 2.45. The molecule has 3 nitrogen and oxygen atoms in total. The van der Waals surface area contributed by atoms with Gasteiger partial charge in [0.2, 0.25) is 0 Å².